The largest absolute Gasteiger partial charge is 0.480 e. The zero-order chi connectivity index (χ0) is 15.1. The van der Waals surface area contributed by atoms with E-state index in [1.54, 1.807) is 31.2 Å². The molecule has 20 heavy (non-hydrogen) atoms. The third-order valence-corrected chi connectivity index (χ3v) is 2.88. The van der Waals surface area contributed by atoms with E-state index in [4.69, 9.17) is 22.1 Å². The Morgan fingerprint density at radius 1 is 1.35 bits per heavy atom. The van der Waals surface area contributed by atoms with Gasteiger partial charge in [0.15, 0.2) is 5.57 Å². The fourth-order valence-corrected chi connectivity index (χ4v) is 1.63. The Morgan fingerprint density at radius 3 is 2.45 bits per heavy atom. The molecule has 6 heteroatoms. The van der Waals surface area contributed by atoms with Gasteiger partial charge in [-0.15, -0.1) is 0 Å². The van der Waals surface area contributed by atoms with Crippen LogP contribution in [0, 0.1) is 0 Å². The second-order valence-electron chi connectivity index (χ2n) is 4.14. The molecule has 0 aromatic heterocycles. The molecule has 1 aromatic rings. The van der Waals surface area contributed by atoms with Crippen LogP contribution in [0.2, 0.25) is 0 Å². The van der Waals surface area contributed by atoms with Gasteiger partial charge in [-0.05, 0) is 25.5 Å². The molecule has 0 radical (unpaired) electrons. The number of hydrogen-bond donors (Lipinski definition) is 3. The summed E-state index contributed by atoms with van der Waals surface area (Å²) in [6, 6.07) is 8.86. The highest BCUT2D eigenvalue weighted by Gasteiger charge is 2.22. The quantitative estimate of drug-likeness (QED) is 0.425. The number of benzene rings is 1. The van der Waals surface area contributed by atoms with Crippen LogP contribution in [-0.2, 0) is 9.53 Å². The molecule has 0 bridgehead atoms. The summed E-state index contributed by atoms with van der Waals surface area (Å²) in [6.07, 6.45) is 0.333. The molecular weight excluding hydrogens is 278 g/mol. The number of aliphatic carboxylic acids is 1. The van der Waals surface area contributed by atoms with Crippen LogP contribution < -0.4 is 5.32 Å². The van der Waals surface area contributed by atoms with E-state index in [0.29, 0.717) is 12.1 Å². The van der Waals surface area contributed by atoms with E-state index < -0.39 is 17.5 Å². The molecule has 0 spiro atoms. The van der Waals surface area contributed by atoms with E-state index in [9.17, 15) is 9.90 Å². The lowest BCUT2D eigenvalue weighted by Crippen LogP contribution is -2.22. The molecular formula is C14H17NO4S. The molecule has 3 N–H and O–H groups in total. The molecule has 0 amide bonds. The maximum absolute atomic E-state index is 11.2. The Balaban J connectivity index is 2.93. The van der Waals surface area contributed by atoms with Crippen molar-refractivity contribution < 1.29 is 19.7 Å². The Hall–Kier alpha value is -2.08. The first-order chi connectivity index (χ1) is 9.45. The van der Waals surface area contributed by atoms with Crippen molar-refractivity contribution >= 4 is 28.9 Å². The first-order valence-corrected chi connectivity index (χ1v) is 6.56. The van der Waals surface area contributed by atoms with E-state index in [1.807, 2.05) is 13.0 Å². The van der Waals surface area contributed by atoms with E-state index >= 15 is 0 Å². The average Bonchev–Trinajstić information content (AvgIpc) is 2.39. The predicted molar refractivity (Wildman–Crippen MR) is 80.8 cm³/mol. The summed E-state index contributed by atoms with van der Waals surface area (Å²) in [5.41, 5.74) is 0.178. The summed E-state index contributed by atoms with van der Waals surface area (Å²) in [7, 11) is 0. The lowest BCUT2D eigenvalue weighted by atomic mass is 10.2. The van der Waals surface area contributed by atoms with Crippen LogP contribution in [0.4, 0.5) is 5.69 Å². The first-order valence-electron chi connectivity index (χ1n) is 6.15. The summed E-state index contributed by atoms with van der Waals surface area (Å²) < 4.78 is 5.11. The van der Waals surface area contributed by atoms with E-state index in [1.165, 1.54) is 0 Å². The van der Waals surface area contributed by atoms with Crippen LogP contribution in [0.3, 0.4) is 0 Å². The van der Waals surface area contributed by atoms with Gasteiger partial charge in [-0.1, -0.05) is 37.3 Å². The number of carboxylic acids is 1. The standard InChI is InChI=1S/C14H17NO4S/c1-3-9(2)19-14(18)11(13(16)17)12(20)15-10-7-5-4-6-8-10/h4-9,18H,3H2,1-2H3,(H,15,20)(H,16,17). The maximum atomic E-state index is 11.2. The number of nitrogens with one attached hydrogen (secondary N) is 1. The molecule has 1 aromatic carbocycles. The van der Waals surface area contributed by atoms with Gasteiger partial charge in [-0.3, -0.25) is 0 Å². The van der Waals surface area contributed by atoms with Crippen LogP contribution in [0.25, 0.3) is 0 Å². The predicted octanol–water partition coefficient (Wildman–Crippen LogP) is 3.10. The molecule has 0 aliphatic heterocycles. The zero-order valence-electron chi connectivity index (χ0n) is 11.3. The number of anilines is 1. The topological polar surface area (TPSA) is 78.8 Å². The van der Waals surface area contributed by atoms with Crippen molar-refractivity contribution in [2.24, 2.45) is 0 Å². The van der Waals surface area contributed by atoms with Crippen molar-refractivity contribution in [3.05, 3.63) is 41.9 Å². The number of carboxylic acid groups (broad SMARTS) is 1. The molecule has 1 rings (SSSR count). The molecule has 1 atom stereocenters. The van der Waals surface area contributed by atoms with Gasteiger partial charge < -0.3 is 20.3 Å². The smallest absolute Gasteiger partial charge is 0.346 e. The minimum atomic E-state index is -1.35. The summed E-state index contributed by atoms with van der Waals surface area (Å²) in [5.74, 6) is -2.03. The van der Waals surface area contributed by atoms with Crippen LogP contribution >= 0.6 is 12.2 Å². The molecule has 5 nitrogen and oxygen atoms in total. The molecule has 0 saturated carbocycles. The molecule has 0 aliphatic carbocycles. The van der Waals surface area contributed by atoms with Crippen molar-refractivity contribution in [3.63, 3.8) is 0 Å². The monoisotopic (exact) mass is 295 g/mol. The minimum Gasteiger partial charge on any atom is -0.480 e. The molecule has 108 valence electrons. The minimum absolute atomic E-state index is 0.107. The van der Waals surface area contributed by atoms with E-state index in [2.05, 4.69) is 5.32 Å². The number of rotatable bonds is 6. The summed E-state index contributed by atoms with van der Waals surface area (Å²) in [5, 5.41) is 21.7. The molecule has 0 saturated heterocycles. The van der Waals surface area contributed by atoms with Crippen molar-refractivity contribution in [3.8, 4) is 0 Å². The van der Waals surface area contributed by atoms with Gasteiger partial charge in [0.25, 0.3) is 5.95 Å². The molecule has 0 heterocycles. The van der Waals surface area contributed by atoms with Gasteiger partial charge in [0.1, 0.15) is 4.99 Å². The number of hydrogen-bond acceptors (Lipinski definition) is 4. The number of aliphatic hydroxyl groups is 1. The second kappa shape index (κ2) is 7.49. The Kier molecular flexibility index (Phi) is 5.99. The van der Waals surface area contributed by atoms with Gasteiger partial charge in [0.05, 0.1) is 6.10 Å². The Morgan fingerprint density at radius 2 is 1.95 bits per heavy atom. The highest BCUT2D eigenvalue weighted by atomic mass is 32.1. The number of carbonyl (C=O) groups is 1. The van der Waals surface area contributed by atoms with Gasteiger partial charge in [-0.25, -0.2) is 4.79 Å². The maximum Gasteiger partial charge on any atom is 0.346 e. The SMILES string of the molecule is CCC(C)OC(O)=C(C(=O)O)C(=S)Nc1ccccc1. The second-order valence-corrected chi connectivity index (χ2v) is 4.55. The van der Waals surface area contributed by atoms with E-state index in [-0.39, 0.29) is 11.1 Å². The van der Waals surface area contributed by atoms with Crippen LogP contribution in [0.1, 0.15) is 20.3 Å². The highest BCUT2D eigenvalue weighted by molar-refractivity contribution is 7.81. The lowest BCUT2D eigenvalue weighted by molar-refractivity contribution is -0.132. The third kappa shape index (κ3) is 4.55. The highest BCUT2D eigenvalue weighted by Crippen LogP contribution is 2.14. The number of ether oxygens (including phenoxy) is 1. The van der Waals surface area contributed by atoms with Gasteiger partial charge in [-0.2, -0.15) is 0 Å². The fraction of sp³-hybridized carbons (Fsp3) is 0.286. The third-order valence-electron chi connectivity index (χ3n) is 2.57. The molecule has 0 fully saturated rings. The van der Waals surface area contributed by atoms with Crippen molar-refractivity contribution in [2.45, 2.75) is 26.4 Å². The van der Waals surface area contributed by atoms with Crippen LogP contribution in [0.15, 0.2) is 41.9 Å². The summed E-state index contributed by atoms with van der Waals surface area (Å²) >= 11 is 5.01. The van der Waals surface area contributed by atoms with Crippen molar-refractivity contribution in [1.82, 2.24) is 0 Å². The number of para-hydroxylation sites is 1. The molecule has 1 unspecified atom stereocenters. The Labute approximate surface area is 122 Å². The van der Waals surface area contributed by atoms with Crippen LogP contribution in [0.5, 0.6) is 0 Å². The Bertz CT molecular complexity index is 513. The van der Waals surface area contributed by atoms with Gasteiger partial charge in [0.2, 0.25) is 0 Å². The van der Waals surface area contributed by atoms with Crippen molar-refractivity contribution in [2.75, 3.05) is 5.32 Å². The lowest BCUT2D eigenvalue weighted by Gasteiger charge is -2.14. The first kappa shape index (κ1) is 16.0. The summed E-state index contributed by atoms with van der Waals surface area (Å²) in [6.45, 7) is 3.59. The normalized spacial score (nSPS) is 13.1. The van der Waals surface area contributed by atoms with E-state index in [0.717, 1.165) is 0 Å². The van der Waals surface area contributed by atoms with Gasteiger partial charge >= 0.3 is 5.97 Å². The summed E-state index contributed by atoms with van der Waals surface area (Å²) in [4.78, 5) is 11.1. The van der Waals surface area contributed by atoms with Crippen LogP contribution in [-0.4, -0.2) is 27.3 Å². The number of aliphatic hydroxyl groups excluding tert-OH is 1. The average molecular weight is 295 g/mol. The van der Waals surface area contributed by atoms with Crippen molar-refractivity contribution in [1.29, 1.82) is 0 Å². The zero-order valence-corrected chi connectivity index (χ0v) is 12.1. The fourth-order valence-electron chi connectivity index (χ4n) is 1.33. The molecule has 0 aliphatic rings. The number of thiocarbonyl (C=S) groups is 1. The van der Waals surface area contributed by atoms with Gasteiger partial charge in [0, 0.05) is 5.69 Å².